The first kappa shape index (κ1) is 21.8. The van der Waals surface area contributed by atoms with Crippen molar-refractivity contribution in [3.63, 3.8) is 0 Å². The number of nitrogens with zero attached hydrogens (tertiary/aromatic N) is 1. The Morgan fingerprint density at radius 3 is 2.43 bits per heavy atom. The van der Waals surface area contributed by atoms with Crippen molar-refractivity contribution in [2.75, 3.05) is 18.3 Å². The molecule has 37 heavy (non-hydrogen) atoms. The lowest BCUT2D eigenvalue weighted by atomic mass is 9.77. The van der Waals surface area contributed by atoms with Crippen LogP contribution in [0.4, 0.5) is 18.9 Å². The molecule has 1 amide bonds. The van der Waals surface area contributed by atoms with E-state index < -0.39 is 17.2 Å². The molecule has 186 valence electrons. The van der Waals surface area contributed by atoms with E-state index in [9.17, 15) is 18.0 Å². The first-order valence-corrected chi connectivity index (χ1v) is 11.6. The molecule has 6 nitrogen and oxygen atoms in total. The molecule has 0 fully saturated rings. The summed E-state index contributed by atoms with van der Waals surface area (Å²) >= 11 is 0. The Hall–Kier alpha value is -4.40. The third-order valence-electron chi connectivity index (χ3n) is 7.12. The van der Waals surface area contributed by atoms with Crippen LogP contribution in [0.2, 0.25) is 0 Å². The van der Waals surface area contributed by atoms with E-state index in [1.54, 1.807) is 23.1 Å². The number of rotatable bonds is 3. The number of amides is 1. The van der Waals surface area contributed by atoms with Gasteiger partial charge >= 0.3 is 6.18 Å². The Morgan fingerprint density at radius 2 is 1.59 bits per heavy atom. The molecule has 1 atom stereocenters. The summed E-state index contributed by atoms with van der Waals surface area (Å²) in [5.74, 6) is 1.90. The molecule has 3 aromatic carbocycles. The van der Waals surface area contributed by atoms with Gasteiger partial charge in [0, 0.05) is 22.9 Å². The minimum absolute atomic E-state index is 0.0473. The standard InChI is InChI=1S/C28H18F3NO5/c29-28(30,31)18-6-2-1-5-17(18)22-10-9-16(37-22)13-32-21-8-4-3-7-19(21)27(26(32)33)14-34-23-12-25-24(11-20(23)27)35-15-36-25/h1-12H,13-15H2. The topological polar surface area (TPSA) is 61.1 Å². The second-order valence-electron chi connectivity index (χ2n) is 9.11. The molecule has 9 heteroatoms. The summed E-state index contributed by atoms with van der Waals surface area (Å²) in [6, 6.07) is 19.3. The fourth-order valence-electron chi connectivity index (χ4n) is 5.43. The number of halogens is 3. The van der Waals surface area contributed by atoms with Crippen LogP contribution >= 0.6 is 0 Å². The van der Waals surface area contributed by atoms with E-state index in [4.69, 9.17) is 18.6 Å². The normalized spacial score (nSPS) is 19.3. The molecule has 1 aromatic heterocycles. The molecule has 3 aliphatic rings. The van der Waals surface area contributed by atoms with E-state index in [1.165, 1.54) is 24.3 Å². The van der Waals surface area contributed by atoms with Crippen molar-refractivity contribution >= 4 is 11.6 Å². The fourth-order valence-corrected chi connectivity index (χ4v) is 5.43. The Kier molecular flexibility index (Phi) is 4.46. The number of para-hydroxylation sites is 1. The maximum absolute atomic E-state index is 14.1. The highest BCUT2D eigenvalue weighted by atomic mass is 19.4. The highest BCUT2D eigenvalue weighted by molar-refractivity contribution is 6.11. The molecular weight excluding hydrogens is 487 g/mol. The van der Waals surface area contributed by atoms with Crippen LogP contribution in [0.3, 0.4) is 0 Å². The number of anilines is 1. The molecule has 0 N–H and O–H groups in total. The summed E-state index contributed by atoms with van der Waals surface area (Å²) in [6.07, 6.45) is -4.52. The summed E-state index contributed by atoms with van der Waals surface area (Å²) in [6.45, 7) is 0.256. The van der Waals surface area contributed by atoms with Crippen molar-refractivity contribution in [3.8, 4) is 28.6 Å². The van der Waals surface area contributed by atoms with Gasteiger partial charge in [-0.15, -0.1) is 0 Å². The summed E-state index contributed by atoms with van der Waals surface area (Å²) in [5, 5.41) is 0. The zero-order valence-corrected chi connectivity index (χ0v) is 19.2. The molecule has 1 spiro atoms. The van der Waals surface area contributed by atoms with Crippen LogP contribution < -0.4 is 19.1 Å². The van der Waals surface area contributed by atoms with Crippen molar-refractivity contribution in [3.05, 3.63) is 95.2 Å². The van der Waals surface area contributed by atoms with E-state index in [-0.39, 0.29) is 37.2 Å². The van der Waals surface area contributed by atoms with E-state index in [0.29, 0.717) is 34.3 Å². The first-order chi connectivity index (χ1) is 17.9. The number of benzene rings is 3. The molecule has 4 aromatic rings. The molecule has 7 rings (SSSR count). The molecule has 0 aliphatic carbocycles. The maximum Gasteiger partial charge on any atom is 0.417 e. The number of hydrogen-bond donors (Lipinski definition) is 0. The van der Waals surface area contributed by atoms with E-state index >= 15 is 0 Å². The second-order valence-corrected chi connectivity index (χ2v) is 9.11. The van der Waals surface area contributed by atoms with Gasteiger partial charge in [-0.05, 0) is 35.9 Å². The van der Waals surface area contributed by atoms with Gasteiger partial charge in [-0.1, -0.05) is 36.4 Å². The number of furan rings is 1. The van der Waals surface area contributed by atoms with Gasteiger partial charge in [0.1, 0.15) is 29.3 Å². The van der Waals surface area contributed by atoms with Crippen LogP contribution in [0, 0.1) is 0 Å². The van der Waals surface area contributed by atoms with Gasteiger partial charge in [-0.2, -0.15) is 13.2 Å². The summed E-state index contributed by atoms with van der Waals surface area (Å²) in [4.78, 5) is 15.7. The average Bonchev–Trinajstić information content (AvgIpc) is 3.67. The van der Waals surface area contributed by atoms with Crippen LogP contribution in [-0.4, -0.2) is 19.3 Å². The van der Waals surface area contributed by atoms with Crippen LogP contribution in [0.1, 0.15) is 22.5 Å². The monoisotopic (exact) mass is 505 g/mol. The molecule has 1 unspecified atom stereocenters. The van der Waals surface area contributed by atoms with Crippen molar-refractivity contribution in [1.29, 1.82) is 0 Å². The zero-order chi connectivity index (χ0) is 25.4. The lowest BCUT2D eigenvalue weighted by Crippen LogP contribution is -2.42. The Balaban J connectivity index is 1.27. The van der Waals surface area contributed by atoms with Crippen LogP contribution in [0.25, 0.3) is 11.3 Å². The Bertz CT molecular complexity index is 1580. The summed E-state index contributed by atoms with van der Waals surface area (Å²) < 4.78 is 63.4. The molecule has 4 heterocycles. The number of ether oxygens (including phenoxy) is 3. The lowest BCUT2D eigenvalue weighted by Gasteiger charge is -2.22. The highest BCUT2D eigenvalue weighted by Gasteiger charge is 2.57. The first-order valence-electron chi connectivity index (χ1n) is 11.6. The predicted octanol–water partition coefficient (Wildman–Crippen LogP) is 5.92. The van der Waals surface area contributed by atoms with E-state index in [2.05, 4.69) is 0 Å². The number of carbonyl (C=O) groups excluding carboxylic acids is 1. The third kappa shape index (κ3) is 3.09. The highest BCUT2D eigenvalue weighted by Crippen LogP contribution is 2.55. The molecular formula is C28H18F3NO5. The van der Waals surface area contributed by atoms with Gasteiger partial charge < -0.3 is 23.5 Å². The average molecular weight is 505 g/mol. The largest absolute Gasteiger partial charge is 0.491 e. The molecule has 0 saturated heterocycles. The molecule has 3 aliphatic heterocycles. The van der Waals surface area contributed by atoms with Crippen molar-refractivity contribution in [2.45, 2.75) is 18.1 Å². The van der Waals surface area contributed by atoms with Gasteiger partial charge in [0.2, 0.25) is 12.7 Å². The number of hydrogen-bond acceptors (Lipinski definition) is 5. The SMILES string of the molecule is O=C1N(Cc2ccc(-c3ccccc3C(F)(F)F)o2)c2ccccc2C12COc1cc3c(cc12)OCO3. The van der Waals surface area contributed by atoms with Gasteiger partial charge in [0.05, 0.1) is 12.1 Å². The van der Waals surface area contributed by atoms with Crippen molar-refractivity contribution in [1.82, 2.24) is 0 Å². The minimum atomic E-state index is -4.52. The molecule has 0 saturated carbocycles. The predicted molar refractivity (Wildman–Crippen MR) is 126 cm³/mol. The number of alkyl halides is 3. The molecule has 0 bridgehead atoms. The number of fused-ring (bicyclic) bond motifs is 5. The van der Waals surface area contributed by atoms with Gasteiger partial charge in [0.25, 0.3) is 0 Å². The number of carbonyl (C=O) groups is 1. The third-order valence-corrected chi connectivity index (χ3v) is 7.12. The quantitative estimate of drug-likeness (QED) is 0.346. The van der Waals surface area contributed by atoms with Gasteiger partial charge in [0.15, 0.2) is 11.5 Å². The van der Waals surface area contributed by atoms with E-state index in [1.807, 2.05) is 24.3 Å². The fraction of sp³-hybridized carbons (Fsp3) is 0.179. The maximum atomic E-state index is 14.1. The van der Waals surface area contributed by atoms with Gasteiger partial charge in [-0.25, -0.2) is 0 Å². The zero-order valence-electron chi connectivity index (χ0n) is 19.2. The van der Waals surface area contributed by atoms with E-state index in [0.717, 1.165) is 11.6 Å². The van der Waals surface area contributed by atoms with Crippen molar-refractivity contribution in [2.24, 2.45) is 0 Å². The second kappa shape index (κ2) is 7.55. The molecule has 0 radical (unpaired) electrons. The van der Waals surface area contributed by atoms with Crippen molar-refractivity contribution < 1.29 is 36.6 Å². The lowest BCUT2D eigenvalue weighted by molar-refractivity contribution is -0.137. The smallest absolute Gasteiger partial charge is 0.417 e. The summed E-state index contributed by atoms with van der Waals surface area (Å²) in [7, 11) is 0. The summed E-state index contributed by atoms with van der Waals surface area (Å²) in [5.41, 5.74) is 0.250. The Labute approximate surface area is 208 Å². The van der Waals surface area contributed by atoms with Crippen LogP contribution in [0.15, 0.2) is 77.2 Å². The minimum Gasteiger partial charge on any atom is -0.491 e. The van der Waals surface area contributed by atoms with Crippen LogP contribution in [0.5, 0.6) is 17.2 Å². The Morgan fingerprint density at radius 1 is 0.838 bits per heavy atom. The van der Waals surface area contributed by atoms with Gasteiger partial charge in [-0.3, -0.25) is 4.79 Å². The van der Waals surface area contributed by atoms with Crippen LogP contribution in [-0.2, 0) is 22.9 Å².